The predicted octanol–water partition coefficient (Wildman–Crippen LogP) is -0.235. The standard InChI is InChI=1S/C10H14F3N3O4/c1-4(15-9(14)20)7(17)16-2-5(8(18)19)6(3-16)10(11,12)13/h4-6H,2-3H2,1H3,(H,18,19)(H3,14,15,20)/t4?,5-,6-/m1/s1. The van der Waals surface area contributed by atoms with Crippen LogP contribution in [0.3, 0.4) is 0 Å². The number of primary amides is 1. The summed E-state index contributed by atoms with van der Waals surface area (Å²) in [5, 5.41) is 10.8. The van der Waals surface area contributed by atoms with Gasteiger partial charge in [0.2, 0.25) is 5.91 Å². The summed E-state index contributed by atoms with van der Waals surface area (Å²) in [6.07, 6.45) is -4.71. The molecule has 0 aliphatic carbocycles. The third kappa shape index (κ3) is 3.52. The van der Waals surface area contributed by atoms with E-state index < -0.39 is 55.1 Å². The fraction of sp³-hybridized carbons (Fsp3) is 0.700. The maximum atomic E-state index is 12.7. The lowest BCUT2D eigenvalue weighted by Crippen LogP contribution is -2.48. The number of amides is 3. The van der Waals surface area contributed by atoms with E-state index in [-0.39, 0.29) is 0 Å². The average molecular weight is 297 g/mol. The van der Waals surface area contributed by atoms with Gasteiger partial charge in [-0.1, -0.05) is 0 Å². The van der Waals surface area contributed by atoms with Gasteiger partial charge in [-0.2, -0.15) is 13.2 Å². The Kier molecular flexibility index (Phi) is 4.46. The van der Waals surface area contributed by atoms with Gasteiger partial charge in [-0.25, -0.2) is 4.79 Å². The largest absolute Gasteiger partial charge is 0.481 e. The van der Waals surface area contributed by atoms with Crippen LogP contribution in [0, 0.1) is 11.8 Å². The first-order valence-electron chi connectivity index (χ1n) is 5.68. The van der Waals surface area contributed by atoms with Crippen LogP contribution in [0.15, 0.2) is 0 Å². The van der Waals surface area contributed by atoms with Crippen molar-refractivity contribution < 1.29 is 32.7 Å². The lowest BCUT2D eigenvalue weighted by molar-refractivity contribution is -0.188. The van der Waals surface area contributed by atoms with Gasteiger partial charge in [0, 0.05) is 13.1 Å². The highest BCUT2D eigenvalue weighted by atomic mass is 19.4. The monoisotopic (exact) mass is 297 g/mol. The van der Waals surface area contributed by atoms with Gasteiger partial charge >= 0.3 is 18.2 Å². The molecule has 0 spiro atoms. The number of alkyl halides is 3. The summed E-state index contributed by atoms with van der Waals surface area (Å²) in [5.41, 5.74) is 4.81. The number of nitrogens with two attached hydrogens (primary N) is 1. The number of aliphatic carboxylic acids is 1. The molecule has 1 unspecified atom stereocenters. The molecule has 20 heavy (non-hydrogen) atoms. The normalized spacial score (nSPS) is 24.3. The Labute approximate surface area is 111 Å². The van der Waals surface area contributed by atoms with Crippen LogP contribution in [0.2, 0.25) is 0 Å². The molecular formula is C10H14F3N3O4. The van der Waals surface area contributed by atoms with Crippen LogP contribution < -0.4 is 11.1 Å². The third-order valence-electron chi connectivity index (χ3n) is 3.10. The van der Waals surface area contributed by atoms with E-state index in [4.69, 9.17) is 10.8 Å². The van der Waals surface area contributed by atoms with Gasteiger partial charge in [0.25, 0.3) is 0 Å². The lowest BCUT2D eigenvalue weighted by Gasteiger charge is -2.21. The van der Waals surface area contributed by atoms with Crippen molar-refractivity contribution >= 4 is 17.9 Å². The molecule has 0 bridgehead atoms. The topological polar surface area (TPSA) is 113 Å². The van der Waals surface area contributed by atoms with Crippen molar-refractivity contribution in [1.29, 1.82) is 0 Å². The Morgan fingerprint density at radius 1 is 1.35 bits per heavy atom. The number of nitrogens with one attached hydrogen (secondary N) is 1. The number of nitrogens with zero attached hydrogens (tertiary/aromatic N) is 1. The molecule has 4 N–H and O–H groups in total. The highest BCUT2D eigenvalue weighted by Crippen LogP contribution is 2.37. The molecule has 1 aliphatic rings. The van der Waals surface area contributed by atoms with Gasteiger partial charge in [-0.05, 0) is 6.92 Å². The quantitative estimate of drug-likeness (QED) is 0.667. The highest BCUT2D eigenvalue weighted by molar-refractivity contribution is 5.87. The van der Waals surface area contributed by atoms with Crippen molar-refractivity contribution in [2.45, 2.75) is 19.1 Å². The lowest BCUT2D eigenvalue weighted by atomic mass is 9.96. The Bertz CT molecular complexity index is 426. The Morgan fingerprint density at radius 3 is 2.25 bits per heavy atom. The number of carbonyl (C=O) groups excluding carboxylic acids is 2. The van der Waals surface area contributed by atoms with E-state index in [0.29, 0.717) is 0 Å². The number of urea groups is 1. The molecule has 0 aromatic rings. The third-order valence-corrected chi connectivity index (χ3v) is 3.10. The molecule has 3 atom stereocenters. The van der Waals surface area contributed by atoms with E-state index in [1.807, 2.05) is 5.32 Å². The predicted molar refractivity (Wildman–Crippen MR) is 59.4 cm³/mol. The summed E-state index contributed by atoms with van der Waals surface area (Å²) in [6.45, 7) is -0.0447. The molecule has 0 saturated carbocycles. The van der Waals surface area contributed by atoms with Crippen LogP contribution in [0.25, 0.3) is 0 Å². The van der Waals surface area contributed by atoms with Crippen LogP contribution in [0.1, 0.15) is 6.92 Å². The van der Waals surface area contributed by atoms with Gasteiger partial charge in [-0.15, -0.1) is 0 Å². The van der Waals surface area contributed by atoms with E-state index in [9.17, 15) is 27.6 Å². The first-order chi connectivity index (χ1) is 9.04. The number of carboxylic acids is 1. The van der Waals surface area contributed by atoms with Crippen molar-refractivity contribution in [3.8, 4) is 0 Å². The smallest absolute Gasteiger partial charge is 0.394 e. The molecule has 0 aromatic heterocycles. The van der Waals surface area contributed by atoms with Gasteiger partial charge in [0.05, 0.1) is 11.8 Å². The SMILES string of the molecule is CC(NC(N)=O)C(=O)N1C[C@@H](C(F)(F)F)[C@H](C(=O)O)C1. The van der Waals surface area contributed by atoms with Crippen LogP contribution in [-0.4, -0.2) is 53.2 Å². The Morgan fingerprint density at radius 2 is 1.90 bits per heavy atom. The molecular weight excluding hydrogens is 283 g/mol. The molecule has 1 saturated heterocycles. The van der Waals surface area contributed by atoms with Crippen molar-refractivity contribution in [3.63, 3.8) is 0 Å². The van der Waals surface area contributed by atoms with Crippen molar-refractivity contribution in [1.82, 2.24) is 10.2 Å². The number of likely N-dealkylation sites (tertiary alicyclic amines) is 1. The molecule has 1 rings (SSSR count). The highest BCUT2D eigenvalue weighted by Gasteiger charge is 2.53. The zero-order valence-electron chi connectivity index (χ0n) is 10.5. The number of hydrogen-bond acceptors (Lipinski definition) is 3. The summed E-state index contributed by atoms with van der Waals surface area (Å²) >= 11 is 0. The minimum absolute atomic E-state index is 0.552. The van der Waals surface area contributed by atoms with E-state index in [2.05, 4.69) is 0 Å². The molecule has 1 fully saturated rings. The molecule has 0 radical (unpaired) electrons. The average Bonchev–Trinajstić information content (AvgIpc) is 2.71. The second kappa shape index (κ2) is 5.55. The van der Waals surface area contributed by atoms with Crippen molar-refractivity contribution in [2.24, 2.45) is 17.6 Å². The molecule has 7 nitrogen and oxygen atoms in total. The number of rotatable bonds is 3. The summed E-state index contributed by atoms with van der Waals surface area (Å²) in [4.78, 5) is 34.0. The van der Waals surface area contributed by atoms with Gasteiger partial charge < -0.3 is 21.1 Å². The molecule has 1 heterocycles. The molecule has 1 aliphatic heterocycles. The maximum Gasteiger partial charge on any atom is 0.394 e. The molecule has 10 heteroatoms. The summed E-state index contributed by atoms with van der Waals surface area (Å²) in [6, 6.07) is -2.11. The van der Waals surface area contributed by atoms with E-state index in [1.165, 1.54) is 6.92 Å². The van der Waals surface area contributed by atoms with E-state index >= 15 is 0 Å². The number of hydrogen-bond donors (Lipinski definition) is 3. The first-order valence-corrected chi connectivity index (χ1v) is 5.68. The molecule has 0 aromatic carbocycles. The maximum absolute atomic E-state index is 12.7. The Hall–Kier alpha value is -2.00. The van der Waals surface area contributed by atoms with E-state index in [0.717, 1.165) is 4.90 Å². The van der Waals surface area contributed by atoms with Gasteiger partial charge in [-0.3, -0.25) is 9.59 Å². The summed E-state index contributed by atoms with van der Waals surface area (Å²) < 4.78 is 38.2. The zero-order chi connectivity index (χ0) is 15.7. The zero-order valence-corrected chi connectivity index (χ0v) is 10.5. The number of carbonyl (C=O) groups is 3. The number of carboxylic acid groups (broad SMARTS) is 1. The van der Waals surface area contributed by atoms with Crippen molar-refractivity contribution in [2.75, 3.05) is 13.1 Å². The molecule has 3 amide bonds. The van der Waals surface area contributed by atoms with Crippen molar-refractivity contribution in [3.05, 3.63) is 0 Å². The van der Waals surface area contributed by atoms with Crippen LogP contribution in [0.4, 0.5) is 18.0 Å². The van der Waals surface area contributed by atoms with Crippen LogP contribution in [-0.2, 0) is 9.59 Å². The second-order valence-corrected chi connectivity index (χ2v) is 4.57. The first kappa shape index (κ1) is 16.1. The molecule has 114 valence electrons. The second-order valence-electron chi connectivity index (χ2n) is 4.57. The minimum Gasteiger partial charge on any atom is -0.481 e. The summed E-state index contributed by atoms with van der Waals surface area (Å²) in [5.74, 6) is -6.25. The van der Waals surface area contributed by atoms with E-state index in [1.54, 1.807) is 0 Å². The minimum atomic E-state index is -4.71. The summed E-state index contributed by atoms with van der Waals surface area (Å²) in [7, 11) is 0. The Balaban J connectivity index is 2.83. The fourth-order valence-corrected chi connectivity index (χ4v) is 2.11. The number of halogens is 3. The van der Waals surface area contributed by atoms with Gasteiger partial charge in [0.15, 0.2) is 0 Å². The van der Waals surface area contributed by atoms with Crippen LogP contribution >= 0.6 is 0 Å². The van der Waals surface area contributed by atoms with Crippen LogP contribution in [0.5, 0.6) is 0 Å². The van der Waals surface area contributed by atoms with Gasteiger partial charge in [0.1, 0.15) is 6.04 Å². The fourth-order valence-electron chi connectivity index (χ4n) is 2.11.